The lowest BCUT2D eigenvalue weighted by molar-refractivity contribution is 0.537. The molecule has 0 aliphatic rings. The zero-order valence-electron chi connectivity index (χ0n) is 8.09. The Kier molecular flexibility index (Phi) is 2.32. The molecule has 0 radical (unpaired) electrons. The summed E-state index contributed by atoms with van der Waals surface area (Å²) >= 11 is 1.99. The van der Waals surface area contributed by atoms with Crippen LogP contribution in [0.4, 0.5) is 0 Å². The minimum absolute atomic E-state index is 0.537. The van der Waals surface area contributed by atoms with Crippen LogP contribution >= 0.6 is 22.6 Å². The summed E-state index contributed by atoms with van der Waals surface area (Å²) in [6.45, 7) is 0. The summed E-state index contributed by atoms with van der Waals surface area (Å²) in [5.74, 6) is 0.537. The maximum Gasteiger partial charge on any atom is 0.278 e. The maximum atomic E-state index is 5.36. The average molecular weight is 323 g/mol. The van der Waals surface area contributed by atoms with Gasteiger partial charge in [-0.1, -0.05) is 6.07 Å². The third-order valence-electron chi connectivity index (χ3n) is 2.25. The zero-order chi connectivity index (χ0) is 11.0. The Bertz CT molecular complexity index is 650. The highest BCUT2D eigenvalue weighted by Crippen LogP contribution is 2.22. The third-order valence-corrected chi connectivity index (χ3v) is 2.69. The van der Waals surface area contributed by atoms with E-state index >= 15 is 0 Å². The molecule has 3 aromatic rings. The summed E-state index contributed by atoms with van der Waals surface area (Å²) < 4.78 is 5.90. The number of fused-ring (bicyclic) bond motifs is 1. The van der Waals surface area contributed by atoms with Crippen LogP contribution in [0.1, 0.15) is 0 Å². The lowest BCUT2D eigenvalue weighted by Gasteiger charge is -1.98. The number of halogens is 1. The van der Waals surface area contributed by atoms with E-state index in [9.17, 15) is 0 Å². The molecule has 0 aliphatic carbocycles. The Morgan fingerprint density at radius 3 is 2.88 bits per heavy atom. The van der Waals surface area contributed by atoms with Crippen molar-refractivity contribution in [3.8, 4) is 11.5 Å². The van der Waals surface area contributed by atoms with Gasteiger partial charge in [-0.3, -0.25) is 4.98 Å². The van der Waals surface area contributed by atoms with E-state index in [0.29, 0.717) is 9.79 Å². The van der Waals surface area contributed by atoms with Crippen LogP contribution in [0.15, 0.2) is 40.9 Å². The molecule has 2 heterocycles. The number of pyridine rings is 1. The van der Waals surface area contributed by atoms with Gasteiger partial charge < -0.3 is 4.42 Å². The van der Waals surface area contributed by atoms with Crippen molar-refractivity contribution in [2.45, 2.75) is 0 Å². The third kappa shape index (κ3) is 1.67. The minimum Gasteiger partial charge on any atom is -0.412 e. The molecule has 0 aliphatic heterocycles. The average Bonchev–Trinajstić information content (AvgIpc) is 2.75. The number of hydrogen-bond donors (Lipinski definition) is 0. The molecule has 0 spiro atoms. The van der Waals surface area contributed by atoms with E-state index in [2.05, 4.69) is 15.2 Å². The molecule has 0 fully saturated rings. The van der Waals surface area contributed by atoms with Crippen molar-refractivity contribution >= 4 is 33.5 Å². The first kappa shape index (κ1) is 9.71. The first-order valence-corrected chi connectivity index (χ1v) is 5.75. The summed E-state index contributed by atoms with van der Waals surface area (Å²) in [4.78, 5) is 4.25. The Labute approximate surface area is 105 Å². The summed E-state index contributed by atoms with van der Waals surface area (Å²) in [7, 11) is 0. The van der Waals surface area contributed by atoms with Crippen molar-refractivity contribution < 1.29 is 4.42 Å². The van der Waals surface area contributed by atoms with Crippen LogP contribution in [0.25, 0.3) is 22.4 Å². The smallest absolute Gasteiger partial charge is 0.278 e. The second-order valence-electron chi connectivity index (χ2n) is 3.27. The van der Waals surface area contributed by atoms with Gasteiger partial charge in [0.15, 0.2) is 0 Å². The predicted molar refractivity (Wildman–Crippen MR) is 67.8 cm³/mol. The number of rotatable bonds is 1. The van der Waals surface area contributed by atoms with Crippen LogP contribution in [-0.4, -0.2) is 15.2 Å². The van der Waals surface area contributed by atoms with Crippen LogP contribution < -0.4 is 0 Å². The summed E-state index contributed by atoms with van der Waals surface area (Å²) in [5, 5.41) is 8.84. The first-order valence-electron chi connectivity index (χ1n) is 4.67. The standard InChI is InChI=1S/C11H6IN3O/c12-11-15-14-10(16-11)8-3-4-9-7(6-8)2-1-5-13-9/h1-6H. The van der Waals surface area contributed by atoms with Crippen molar-refractivity contribution in [1.82, 2.24) is 15.2 Å². The van der Waals surface area contributed by atoms with Gasteiger partial charge >= 0.3 is 0 Å². The Hall–Kier alpha value is -1.50. The van der Waals surface area contributed by atoms with Crippen LogP contribution in [-0.2, 0) is 0 Å². The van der Waals surface area contributed by atoms with Gasteiger partial charge in [-0.05, 0) is 24.3 Å². The molecule has 5 heteroatoms. The summed E-state index contributed by atoms with van der Waals surface area (Å²) in [6.07, 6.45) is 1.78. The van der Waals surface area contributed by atoms with E-state index in [-0.39, 0.29) is 0 Å². The Morgan fingerprint density at radius 2 is 2.06 bits per heavy atom. The van der Waals surface area contributed by atoms with Crippen LogP contribution in [0.5, 0.6) is 0 Å². The molecule has 0 atom stereocenters. The Morgan fingerprint density at radius 1 is 1.12 bits per heavy atom. The minimum atomic E-state index is 0.537. The van der Waals surface area contributed by atoms with Crippen molar-refractivity contribution in [2.75, 3.05) is 0 Å². The highest BCUT2D eigenvalue weighted by molar-refractivity contribution is 14.1. The molecule has 0 saturated heterocycles. The molecule has 0 N–H and O–H groups in total. The van der Waals surface area contributed by atoms with Crippen molar-refractivity contribution in [3.05, 3.63) is 40.4 Å². The largest absolute Gasteiger partial charge is 0.412 e. The van der Waals surface area contributed by atoms with Crippen LogP contribution in [0.2, 0.25) is 0 Å². The van der Waals surface area contributed by atoms with E-state index in [1.165, 1.54) is 0 Å². The highest BCUT2D eigenvalue weighted by Gasteiger charge is 2.06. The fourth-order valence-electron chi connectivity index (χ4n) is 1.53. The fourth-order valence-corrected chi connectivity index (χ4v) is 1.85. The van der Waals surface area contributed by atoms with E-state index in [0.717, 1.165) is 16.5 Å². The van der Waals surface area contributed by atoms with Gasteiger partial charge in [0.05, 0.1) is 5.52 Å². The van der Waals surface area contributed by atoms with Crippen molar-refractivity contribution in [1.29, 1.82) is 0 Å². The first-order chi connectivity index (χ1) is 7.83. The Balaban J connectivity index is 2.18. The number of nitrogens with zero attached hydrogens (tertiary/aromatic N) is 3. The maximum absolute atomic E-state index is 5.36. The molecule has 0 unspecified atom stereocenters. The van der Waals surface area contributed by atoms with Gasteiger partial charge in [0.25, 0.3) is 3.90 Å². The molecule has 0 amide bonds. The monoisotopic (exact) mass is 323 g/mol. The zero-order valence-corrected chi connectivity index (χ0v) is 10.2. The van der Waals surface area contributed by atoms with E-state index < -0.39 is 0 Å². The molecule has 78 valence electrons. The summed E-state index contributed by atoms with van der Waals surface area (Å²) in [6, 6.07) is 9.78. The van der Waals surface area contributed by atoms with E-state index in [4.69, 9.17) is 4.42 Å². The summed E-state index contributed by atoms with van der Waals surface area (Å²) in [5.41, 5.74) is 1.87. The molecule has 3 rings (SSSR count). The molecule has 16 heavy (non-hydrogen) atoms. The number of benzene rings is 1. The van der Waals surface area contributed by atoms with Gasteiger partial charge in [-0.2, -0.15) is 0 Å². The van der Waals surface area contributed by atoms with Crippen molar-refractivity contribution in [3.63, 3.8) is 0 Å². The number of hydrogen-bond acceptors (Lipinski definition) is 4. The van der Waals surface area contributed by atoms with Gasteiger partial charge in [-0.25, -0.2) is 0 Å². The van der Waals surface area contributed by atoms with Crippen molar-refractivity contribution in [2.24, 2.45) is 0 Å². The van der Waals surface area contributed by atoms with Crippen LogP contribution in [0, 0.1) is 3.90 Å². The molecule has 4 nitrogen and oxygen atoms in total. The predicted octanol–water partition coefficient (Wildman–Crippen LogP) is 2.89. The van der Waals surface area contributed by atoms with Gasteiger partial charge in [0.1, 0.15) is 0 Å². The topological polar surface area (TPSA) is 51.8 Å². The van der Waals surface area contributed by atoms with Crippen LogP contribution in [0.3, 0.4) is 0 Å². The molecular formula is C11H6IN3O. The molecule has 0 bridgehead atoms. The molecule has 1 aromatic carbocycles. The molecular weight excluding hydrogens is 317 g/mol. The van der Waals surface area contributed by atoms with E-state index in [1.54, 1.807) is 6.20 Å². The van der Waals surface area contributed by atoms with Gasteiger partial charge in [-0.15, -0.1) is 10.2 Å². The fraction of sp³-hybridized carbons (Fsp3) is 0. The lowest BCUT2D eigenvalue weighted by atomic mass is 10.1. The number of aromatic nitrogens is 3. The lowest BCUT2D eigenvalue weighted by Crippen LogP contribution is -1.81. The molecule has 2 aromatic heterocycles. The van der Waals surface area contributed by atoms with Gasteiger partial charge in [0.2, 0.25) is 5.89 Å². The normalized spacial score (nSPS) is 10.8. The SMILES string of the molecule is Ic1nnc(-c2ccc3ncccc3c2)o1. The van der Waals surface area contributed by atoms with Gasteiger partial charge in [0, 0.05) is 39.7 Å². The highest BCUT2D eigenvalue weighted by atomic mass is 127. The second-order valence-corrected chi connectivity index (χ2v) is 4.19. The molecule has 0 saturated carbocycles. The van der Waals surface area contributed by atoms with E-state index in [1.807, 2.05) is 52.9 Å². The second kappa shape index (κ2) is 3.82. The quantitative estimate of drug-likeness (QED) is 0.646.